The number of nitrogens with one attached hydrogen (secondary N) is 1. The molecule has 0 saturated carbocycles. The zero-order valence-corrected chi connectivity index (χ0v) is 14.0. The van der Waals surface area contributed by atoms with Crippen molar-refractivity contribution in [2.45, 2.75) is 32.7 Å². The fourth-order valence-electron chi connectivity index (χ4n) is 2.34. The first kappa shape index (κ1) is 16.1. The summed E-state index contributed by atoms with van der Waals surface area (Å²) >= 11 is 3.43. The summed E-state index contributed by atoms with van der Waals surface area (Å²) in [7, 11) is 0. The smallest absolute Gasteiger partial charge is 0.128 e. The standard InChI is InChI=1S/C17H20BrFN2/c1-3-6-21-17(9-13-8-14(18)11-20-10-13)15-7-12(2)4-5-16(15)19/h4-5,7-8,10-11,17,21H,3,6,9H2,1-2H3. The number of rotatable bonds is 6. The quantitative estimate of drug-likeness (QED) is 0.824. The van der Waals surface area contributed by atoms with E-state index in [1.54, 1.807) is 18.3 Å². The van der Waals surface area contributed by atoms with Gasteiger partial charge < -0.3 is 5.32 Å². The minimum Gasteiger partial charge on any atom is -0.310 e. The topological polar surface area (TPSA) is 24.9 Å². The van der Waals surface area contributed by atoms with Crippen molar-refractivity contribution < 1.29 is 4.39 Å². The van der Waals surface area contributed by atoms with E-state index >= 15 is 0 Å². The molecule has 21 heavy (non-hydrogen) atoms. The number of nitrogens with zero attached hydrogens (tertiary/aromatic N) is 1. The van der Waals surface area contributed by atoms with Crippen LogP contribution in [-0.4, -0.2) is 11.5 Å². The third kappa shape index (κ3) is 4.61. The second-order valence-electron chi connectivity index (χ2n) is 5.25. The SMILES string of the molecule is CCCNC(Cc1cncc(Br)c1)c1cc(C)ccc1F. The fraction of sp³-hybridized carbons (Fsp3) is 0.353. The molecule has 1 heterocycles. The molecule has 4 heteroatoms. The molecule has 1 atom stereocenters. The zero-order valence-electron chi connectivity index (χ0n) is 12.4. The molecular weight excluding hydrogens is 331 g/mol. The summed E-state index contributed by atoms with van der Waals surface area (Å²) in [6.45, 7) is 4.96. The van der Waals surface area contributed by atoms with Crippen molar-refractivity contribution in [1.82, 2.24) is 10.3 Å². The maximum absolute atomic E-state index is 14.2. The predicted octanol–water partition coefficient (Wildman–Crippen LogP) is 4.58. The number of aromatic nitrogens is 1. The van der Waals surface area contributed by atoms with Gasteiger partial charge in [-0.1, -0.05) is 24.6 Å². The van der Waals surface area contributed by atoms with E-state index in [2.05, 4.69) is 33.2 Å². The van der Waals surface area contributed by atoms with Gasteiger partial charge in [-0.15, -0.1) is 0 Å². The van der Waals surface area contributed by atoms with Crippen molar-refractivity contribution >= 4 is 15.9 Å². The maximum Gasteiger partial charge on any atom is 0.128 e. The molecule has 0 aliphatic heterocycles. The highest BCUT2D eigenvalue weighted by molar-refractivity contribution is 9.10. The van der Waals surface area contributed by atoms with E-state index in [0.717, 1.165) is 34.1 Å². The number of hydrogen-bond donors (Lipinski definition) is 1. The summed E-state index contributed by atoms with van der Waals surface area (Å²) in [6, 6.07) is 7.26. The molecule has 2 nitrogen and oxygen atoms in total. The Balaban J connectivity index is 2.27. The van der Waals surface area contributed by atoms with E-state index in [1.165, 1.54) is 0 Å². The Morgan fingerprint density at radius 2 is 2.10 bits per heavy atom. The van der Waals surface area contributed by atoms with Gasteiger partial charge in [0.15, 0.2) is 0 Å². The van der Waals surface area contributed by atoms with Crippen molar-refractivity contribution in [3.63, 3.8) is 0 Å². The minimum atomic E-state index is -0.155. The van der Waals surface area contributed by atoms with Gasteiger partial charge in [0.25, 0.3) is 0 Å². The van der Waals surface area contributed by atoms with Crippen molar-refractivity contribution in [3.8, 4) is 0 Å². The van der Waals surface area contributed by atoms with Crippen molar-refractivity contribution in [3.05, 3.63) is 63.6 Å². The lowest BCUT2D eigenvalue weighted by molar-refractivity contribution is 0.496. The third-order valence-corrected chi connectivity index (χ3v) is 3.80. The van der Waals surface area contributed by atoms with E-state index in [0.29, 0.717) is 6.42 Å². The molecule has 0 amide bonds. The monoisotopic (exact) mass is 350 g/mol. The van der Waals surface area contributed by atoms with Crippen LogP contribution >= 0.6 is 15.9 Å². The molecule has 1 aromatic carbocycles. The Kier molecular flexibility index (Phi) is 5.88. The third-order valence-electron chi connectivity index (χ3n) is 3.37. The van der Waals surface area contributed by atoms with Gasteiger partial charge in [-0.2, -0.15) is 0 Å². The van der Waals surface area contributed by atoms with Gasteiger partial charge in [0.2, 0.25) is 0 Å². The molecule has 0 spiro atoms. The number of aryl methyl sites for hydroxylation is 1. The van der Waals surface area contributed by atoms with E-state index in [-0.39, 0.29) is 11.9 Å². The van der Waals surface area contributed by atoms with Crippen LogP contribution < -0.4 is 5.32 Å². The van der Waals surface area contributed by atoms with E-state index in [1.807, 2.05) is 25.3 Å². The van der Waals surface area contributed by atoms with Crippen molar-refractivity contribution in [2.75, 3.05) is 6.54 Å². The largest absolute Gasteiger partial charge is 0.310 e. The second kappa shape index (κ2) is 7.66. The first-order valence-corrected chi connectivity index (χ1v) is 7.98. The molecule has 2 aromatic rings. The highest BCUT2D eigenvalue weighted by Gasteiger charge is 2.16. The van der Waals surface area contributed by atoms with Crippen LogP contribution in [-0.2, 0) is 6.42 Å². The van der Waals surface area contributed by atoms with Crippen LogP contribution in [0.25, 0.3) is 0 Å². The molecular formula is C17H20BrFN2. The van der Waals surface area contributed by atoms with Crippen LogP contribution in [0.1, 0.15) is 36.1 Å². The summed E-state index contributed by atoms with van der Waals surface area (Å²) in [4.78, 5) is 4.18. The Morgan fingerprint density at radius 1 is 1.29 bits per heavy atom. The Labute approximate surface area is 133 Å². The van der Waals surface area contributed by atoms with Gasteiger partial charge in [-0.3, -0.25) is 4.98 Å². The average Bonchev–Trinajstić information content (AvgIpc) is 2.46. The van der Waals surface area contributed by atoms with Crippen LogP contribution in [0.15, 0.2) is 41.1 Å². The lowest BCUT2D eigenvalue weighted by Gasteiger charge is -2.20. The van der Waals surface area contributed by atoms with Gasteiger partial charge in [-0.05, 0) is 59.9 Å². The number of benzene rings is 1. The molecule has 1 aromatic heterocycles. The molecule has 0 bridgehead atoms. The van der Waals surface area contributed by atoms with Gasteiger partial charge >= 0.3 is 0 Å². The molecule has 0 aliphatic rings. The fourth-order valence-corrected chi connectivity index (χ4v) is 2.76. The minimum absolute atomic E-state index is 0.0408. The van der Waals surface area contributed by atoms with Gasteiger partial charge in [0.1, 0.15) is 5.82 Å². The average molecular weight is 351 g/mol. The first-order valence-electron chi connectivity index (χ1n) is 7.19. The summed E-state index contributed by atoms with van der Waals surface area (Å²) in [5.74, 6) is -0.155. The number of hydrogen-bond acceptors (Lipinski definition) is 2. The van der Waals surface area contributed by atoms with Crippen LogP contribution in [0, 0.1) is 12.7 Å². The lowest BCUT2D eigenvalue weighted by atomic mass is 9.97. The van der Waals surface area contributed by atoms with Crippen LogP contribution in [0.2, 0.25) is 0 Å². The van der Waals surface area contributed by atoms with E-state index in [9.17, 15) is 4.39 Å². The Morgan fingerprint density at radius 3 is 2.81 bits per heavy atom. The summed E-state index contributed by atoms with van der Waals surface area (Å²) in [5, 5.41) is 3.44. The van der Waals surface area contributed by atoms with Gasteiger partial charge in [0.05, 0.1) is 0 Å². The molecule has 1 N–H and O–H groups in total. The molecule has 0 fully saturated rings. The molecule has 0 saturated heterocycles. The van der Waals surface area contributed by atoms with Crippen LogP contribution in [0.5, 0.6) is 0 Å². The Bertz CT molecular complexity index is 601. The van der Waals surface area contributed by atoms with E-state index in [4.69, 9.17) is 0 Å². The van der Waals surface area contributed by atoms with Crippen LogP contribution in [0.3, 0.4) is 0 Å². The van der Waals surface area contributed by atoms with Crippen LogP contribution in [0.4, 0.5) is 4.39 Å². The Hall–Kier alpha value is -1.26. The van der Waals surface area contributed by atoms with Crippen molar-refractivity contribution in [1.29, 1.82) is 0 Å². The zero-order chi connectivity index (χ0) is 15.2. The summed E-state index contributed by atoms with van der Waals surface area (Å²) < 4.78 is 15.1. The molecule has 112 valence electrons. The number of halogens is 2. The molecule has 2 rings (SSSR count). The second-order valence-corrected chi connectivity index (χ2v) is 6.16. The van der Waals surface area contributed by atoms with E-state index < -0.39 is 0 Å². The van der Waals surface area contributed by atoms with Crippen molar-refractivity contribution in [2.24, 2.45) is 0 Å². The highest BCUT2D eigenvalue weighted by atomic mass is 79.9. The number of pyridine rings is 1. The molecule has 0 radical (unpaired) electrons. The lowest BCUT2D eigenvalue weighted by Crippen LogP contribution is -2.25. The normalized spacial score (nSPS) is 12.4. The maximum atomic E-state index is 14.2. The summed E-state index contributed by atoms with van der Waals surface area (Å²) in [6.07, 6.45) is 5.32. The molecule has 0 aliphatic carbocycles. The predicted molar refractivity (Wildman–Crippen MR) is 87.8 cm³/mol. The summed E-state index contributed by atoms with van der Waals surface area (Å²) in [5.41, 5.74) is 2.88. The van der Waals surface area contributed by atoms with Gasteiger partial charge in [0, 0.05) is 28.5 Å². The van der Waals surface area contributed by atoms with Gasteiger partial charge in [-0.25, -0.2) is 4.39 Å². The molecule has 1 unspecified atom stereocenters. The highest BCUT2D eigenvalue weighted by Crippen LogP contribution is 2.23. The first-order chi connectivity index (χ1) is 10.1.